The van der Waals surface area contributed by atoms with Gasteiger partial charge in [0.2, 0.25) is 25.1 Å². The number of alkyl carbamates (subject to hydrolysis) is 1. The molecule has 1 aromatic carbocycles. The van der Waals surface area contributed by atoms with Gasteiger partial charge in [-0.25, -0.2) is 4.79 Å². The summed E-state index contributed by atoms with van der Waals surface area (Å²) in [5.41, 5.74) is 0.756. The maximum absolute atomic E-state index is 14.1. The van der Waals surface area contributed by atoms with Crippen LogP contribution in [0.25, 0.3) is 0 Å². The number of nitrogens with one attached hydrogen (secondary N) is 3. The van der Waals surface area contributed by atoms with E-state index in [-0.39, 0.29) is 43.5 Å². The van der Waals surface area contributed by atoms with Crippen molar-refractivity contribution in [2.75, 3.05) is 26.1 Å². The number of ether oxygens (including phenoxy) is 1. The van der Waals surface area contributed by atoms with Crippen molar-refractivity contribution in [3.63, 3.8) is 0 Å². The Bertz CT molecular complexity index is 1140. The smallest absolute Gasteiger partial charge is 0.408 e. The molecule has 0 saturated carbocycles. The Kier molecular flexibility index (Phi) is 13.7. The lowest BCUT2D eigenvalue weighted by molar-refractivity contribution is -0.138. The van der Waals surface area contributed by atoms with Gasteiger partial charge in [-0.1, -0.05) is 58.0 Å². The van der Waals surface area contributed by atoms with Crippen molar-refractivity contribution in [3.8, 4) is 0 Å². The van der Waals surface area contributed by atoms with Crippen molar-refractivity contribution < 1.29 is 37.8 Å². The van der Waals surface area contributed by atoms with Crippen LogP contribution in [0, 0.1) is 17.8 Å². The number of benzene rings is 1. The van der Waals surface area contributed by atoms with E-state index in [9.17, 15) is 28.5 Å². The standard InChI is InChI=1S/C29H45N4O8P/c1-7-41-42(39,17-22(13-19(2)3)26(35)31-23(14-20(4)5)27(36)30-6)18-33-25(34)15-24(28(33)37)32-29(38)40-16-21-11-9-8-10-12-21/h8-12,19-20,22-24H,7,13-18H2,1-6H3,(H,30,36)(H,31,35)(H,32,38)/t22-,23+,24-,42?/m1/s1. The molecular weight excluding hydrogens is 563 g/mol. The predicted octanol–water partition coefficient (Wildman–Crippen LogP) is 3.25. The van der Waals surface area contributed by atoms with E-state index in [1.54, 1.807) is 31.2 Å². The van der Waals surface area contributed by atoms with E-state index in [1.165, 1.54) is 7.05 Å². The maximum Gasteiger partial charge on any atom is 0.408 e. The van der Waals surface area contributed by atoms with Crippen molar-refractivity contribution in [1.29, 1.82) is 0 Å². The minimum atomic E-state index is -3.75. The molecule has 1 aliphatic rings. The Morgan fingerprint density at radius 1 is 1.02 bits per heavy atom. The van der Waals surface area contributed by atoms with Crippen LogP contribution in [-0.2, 0) is 39.6 Å². The fourth-order valence-electron chi connectivity index (χ4n) is 4.79. The number of rotatable bonds is 16. The number of carbonyl (C=O) groups excluding carboxylic acids is 5. The first-order chi connectivity index (χ1) is 19.8. The van der Waals surface area contributed by atoms with Gasteiger partial charge >= 0.3 is 6.09 Å². The number of carbonyl (C=O) groups is 5. The average molecular weight is 609 g/mol. The Morgan fingerprint density at radius 2 is 1.67 bits per heavy atom. The minimum absolute atomic E-state index is 0.0119. The van der Waals surface area contributed by atoms with Gasteiger partial charge in [0.25, 0.3) is 5.91 Å². The number of nitrogens with zero attached hydrogens (tertiary/aromatic N) is 1. The first-order valence-corrected chi connectivity index (χ1v) is 16.3. The molecule has 42 heavy (non-hydrogen) atoms. The van der Waals surface area contributed by atoms with Gasteiger partial charge in [0, 0.05) is 19.1 Å². The van der Waals surface area contributed by atoms with Gasteiger partial charge in [-0.3, -0.25) is 28.6 Å². The second kappa shape index (κ2) is 16.4. The summed E-state index contributed by atoms with van der Waals surface area (Å²) in [6.45, 7) is 9.36. The van der Waals surface area contributed by atoms with Crippen LogP contribution in [0.15, 0.2) is 30.3 Å². The van der Waals surface area contributed by atoms with Crippen LogP contribution in [0.1, 0.15) is 59.4 Å². The molecule has 4 atom stereocenters. The van der Waals surface area contributed by atoms with Crippen molar-refractivity contribution >= 4 is 37.1 Å². The fourth-order valence-corrected chi connectivity index (χ4v) is 7.28. The van der Waals surface area contributed by atoms with Crippen LogP contribution in [0.5, 0.6) is 0 Å². The highest BCUT2D eigenvalue weighted by Gasteiger charge is 2.44. The molecule has 0 aromatic heterocycles. The predicted molar refractivity (Wildman–Crippen MR) is 157 cm³/mol. The first kappa shape index (κ1) is 35.0. The zero-order chi connectivity index (χ0) is 31.4. The second-order valence-corrected chi connectivity index (χ2v) is 13.8. The summed E-state index contributed by atoms with van der Waals surface area (Å²) in [6, 6.07) is 7.04. The molecule has 12 nitrogen and oxygen atoms in total. The molecule has 0 radical (unpaired) electrons. The summed E-state index contributed by atoms with van der Waals surface area (Å²) in [6.07, 6.45) is -1.15. The number of imide groups is 1. The molecule has 1 aliphatic heterocycles. The number of hydrogen-bond donors (Lipinski definition) is 3. The molecule has 1 unspecified atom stereocenters. The highest BCUT2D eigenvalue weighted by molar-refractivity contribution is 7.59. The fraction of sp³-hybridized carbons (Fsp3) is 0.621. The highest BCUT2D eigenvalue weighted by atomic mass is 31.2. The first-order valence-electron chi connectivity index (χ1n) is 14.3. The summed E-state index contributed by atoms with van der Waals surface area (Å²) in [7, 11) is -2.25. The summed E-state index contributed by atoms with van der Waals surface area (Å²) >= 11 is 0. The van der Waals surface area contributed by atoms with Gasteiger partial charge < -0.3 is 25.2 Å². The number of amides is 5. The van der Waals surface area contributed by atoms with Gasteiger partial charge in [-0.05, 0) is 37.2 Å². The Labute approximate surface area is 248 Å². The summed E-state index contributed by atoms with van der Waals surface area (Å²) in [5, 5.41) is 7.77. The Morgan fingerprint density at radius 3 is 2.24 bits per heavy atom. The zero-order valence-electron chi connectivity index (χ0n) is 25.4. The lowest BCUT2D eigenvalue weighted by atomic mass is 9.96. The molecular formula is C29H45N4O8P. The monoisotopic (exact) mass is 608 g/mol. The van der Waals surface area contributed by atoms with E-state index in [1.807, 2.05) is 33.8 Å². The van der Waals surface area contributed by atoms with Crippen molar-refractivity contribution in [1.82, 2.24) is 20.9 Å². The average Bonchev–Trinajstić information content (AvgIpc) is 3.17. The van der Waals surface area contributed by atoms with Gasteiger partial charge in [0.05, 0.1) is 13.0 Å². The van der Waals surface area contributed by atoms with E-state index in [0.717, 1.165) is 10.5 Å². The Balaban J connectivity index is 2.13. The van der Waals surface area contributed by atoms with Crippen LogP contribution in [-0.4, -0.2) is 72.8 Å². The SMILES string of the molecule is CCOP(=O)(C[C@@H](CC(C)C)C(=O)N[C@@H](CC(C)C)C(=O)NC)CN1C(=O)C[C@@H](NC(=O)OCc2ccccc2)C1=O. The molecule has 1 saturated heterocycles. The molecule has 1 aromatic rings. The van der Waals surface area contributed by atoms with Crippen LogP contribution >= 0.6 is 7.37 Å². The molecule has 0 spiro atoms. The van der Waals surface area contributed by atoms with Crippen LogP contribution in [0.4, 0.5) is 4.79 Å². The third-order valence-corrected chi connectivity index (χ3v) is 9.12. The number of likely N-dealkylation sites (tertiary alicyclic amines) is 1. The van der Waals surface area contributed by atoms with Crippen LogP contribution in [0.3, 0.4) is 0 Å². The zero-order valence-corrected chi connectivity index (χ0v) is 26.3. The van der Waals surface area contributed by atoms with Gasteiger partial charge in [0.15, 0.2) is 0 Å². The second-order valence-electron chi connectivity index (χ2n) is 11.3. The molecule has 234 valence electrons. The summed E-state index contributed by atoms with van der Waals surface area (Å²) in [5.74, 6) is -2.73. The molecule has 13 heteroatoms. The van der Waals surface area contributed by atoms with Crippen molar-refractivity contribution in [3.05, 3.63) is 35.9 Å². The molecule has 0 aliphatic carbocycles. The molecule has 1 heterocycles. The number of likely N-dealkylation sites (N-methyl/N-ethyl adjacent to an activating group) is 1. The van der Waals surface area contributed by atoms with E-state index < -0.39 is 55.5 Å². The quantitative estimate of drug-likeness (QED) is 0.190. The van der Waals surface area contributed by atoms with E-state index in [2.05, 4.69) is 16.0 Å². The van der Waals surface area contributed by atoms with Crippen LogP contribution in [0.2, 0.25) is 0 Å². The third-order valence-electron chi connectivity index (χ3n) is 6.68. The van der Waals surface area contributed by atoms with Crippen LogP contribution < -0.4 is 16.0 Å². The topological polar surface area (TPSA) is 160 Å². The summed E-state index contributed by atoms with van der Waals surface area (Å²) < 4.78 is 24.8. The highest BCUT2D eigenvalue weighted by Crippen LogP contribution is 2.50. The van der Waals surface area contributed by atoms with Gasteiger partial charge in [-0.2, -0.15) is 0 Å². The molecule has 3 N–H and O–H groups in total. The van der Waals surface area contributed by atoms with E-state index in [0.29, 0.717) is 12.8 Å². The third kappa shape index (κ3) is 10.9. The van der Waals surface area contributed by atoms with Gasteiger partial charge in [0.1, 0.15) is 25.0 Å². The van der Waals surface area contributed by atoms with Crippen molar-refractivity contribution in [2.24, 2.45) is 17.8 Å². The molecule has 2 rings (SSSR count). The molecule has 1 fully saturated rings. The molecule has 5 amide bonds. The van der Waals surface area contributed by atoms with E-state index >= 15 is 0 Å². The lowest BCUT2D eigenvalue weighted by Gasteiger charge is -2.28. The normalized spacial score (nSPS) is 18.0. The van der Waals surface area contributed by atoms with E-state index in [4.69, 9.17) is 9.26 Å². The largest absolute Gasteiger partial charge is 0.445 e. The number of hydrogen-bond acceptors (Lipinski definition) is 8. The molecule has 0 bridgehead atoms. The van der Waals surface area contributed by atoms with Gasteiger partial charge in [-0.15, -0.1) is 0 Å². The minimum Gasteiger partial charge on any atom is -0.445 e. The maximum atomic E-state index is 14.1. The Hall–Kier alpha value is -3.24. The summed E-state index contributed by atoms with van der Waals surface area (Å²) in [4.78, 5) is 64.8. The lowest BCUT2D eigenvalue weighted by Crippen LogP contribution is -2.49. The van der Waals surface area contributed by atoms with Crippen molar-refractivity contribution in [2.45, 2.75) is 72.6 Å².